The van der Waals surface area contributed by atoms with Gasteiger partial charge in [0.05, 0.1) is 15.9 Å². The molecule has 2 heterocycles. The fraction of sp³-hybridized carbons (Fsp3) is 0. The Labute approximate surface area is 157 Å². The van der Waals surface area contributed by atoms with Crippen molar-refractivity contribution in [3.63, 3.8) is 0 Å². The molecule has 2 aromatic heterocycles. The van der Waals surface area contributed by atoms with Gasteiger partial charge in [-0.15, -0.1) is 10.2 Å². The summed E-state index contributed by atoms with van der Waals surface area (Å²) in [4.78, 5) is 18.6. The molecule has 0 bridgehead atoms. The zero-order valence-electron chi connectivity index (χ0n) is 14.1. The van der Waals surface area contributed by atoms with E-state index in [-0.39, 0.29) is 10.9 Å². The first kappa shape index (κ1) is 17.8. The van der Waals surface area contributed by atoms with Crippen LogP contribution in [0, 0.1) is 0 Å². The summed E-state index contributed by atoms with van der Waals surface area (Å²) in [6.45, 7) is 0. The van der Waals surface area contributed by atoms with Gasteiger partial charge in [0, 0.05) is 17.0 Å². The summed E-state index contributed by atoms with van der Waals surface area (Å²) >= 11 is 0. The van der Waals surface area contributed by atoms with Crippen LogP contribution < -0.4 is 5.56 Å². The molecule has 0 aliphatic rings. The first-order valence-corrected chi connectivity index (χ1v) is 9.40. The molecule has 10 heteroatoms. The van der Waals surface area contributed by atoms with Crippen LogP contribution in [0.15, 0.2) is 74.6 Å². The van der Waals surface area contributed by atoms with E-state index in [0.717, 1.165) is 17.5 Å². The van der Waals surface area contributed by atoms with Gasteiger partial charge in [-0.2, -0.15) is 8.42 Å². The maximum Gasteiger partial charge on any atom is 0.294 e. The fourth-order valence-electron chi connectivity index (χ4n) is 2.77. The first-order chi connectivity index (χ1) is 13.3. The van der Waals surface area contributed by atoms with Gasteiger partial charge in [0.2, 0.25) is 0 Å². The summed E-state index contributed by atoms with van der Waals surface area (Å²) < 4.78 is 31.8. The predicted octanol–water partition coefficient (Wildman–Crippen LogP) is 3.44. The van der Waals surface area contributed by atoms with Crippen LogP contribution in [-0.4, -0.2) is 28.0 Å². The van der Waals surface area contributed by atoms with Crippen molar-refractivity contribution in [2.75, 3.05) is 0 Å². The normalized spacial score (nSPS) is 12.2. The number of azo groups is 1. The molecule has 3 N–H and O–H groups in total. The number of aromatic nitrogens is 2. The van der Waals surface area contributed by atoms with Crippen molar-refractivity contribution < 1.29 is 18.1 Å². The second-order valence-electron chi connectivity index (χ2n) is 5.89. The fourth-order valence-corrected chi connectivity index (χ4v) is 3.28. The number of nitrogens with zero attached hydrogens (tertiary/aromatic N) is 3. The van der Waals surface area contributed by atoms with Crippen molar-refractivity contribution in [2.24, 2.45) is 10.2 Å². The molecular weight excluding hydrogens is 384 g/mol. The highest BCUT2D eigenvalue weighted by atomic mass is 32.2. The number of nitrogens with one attached hydrogen (secondary N) is 1. The predicted molar refractivity (Wildman–Crippen MR) is 102 cm³/mol. The number of H-pyrrole nitrogens is 1. The molecule has 9 nitrogen and oxygen atoms in total. The molecule has 2 aromatic carbocycles. The van der Waals surface area contributed by atoms with E-state index in [9.17, 15) is 22.9 Å². The van der Waals surface area contributed by atoms with Crippen molar-refractivity contribution >= 4 is 43.3 Å². The van der Waals surface area contributed by atoms with Crippen molar-refractivity contribution in [3.05, 3.63) is 65.1 Å². The van der Waals surface area contributed by atoms with Crippen molar-refractivity contribution in [2.45, 2.75) is 4.90 Å². The van der Waals surface area contributed by atoms with Crippen LogP contribution in [-0.2, 0) is 10.1 Å². The lowest BCUT2D eigenvalue weighted by atomic mass is 10.2. The van der Waals surface area contributed by atoms with Gasteiger partial charge < -0.3 is 10.1 Å². The molecule has 0 aliphatic heterocycles. The van der Waals surface area contributed by atoms with Gasteiger partial charge in [-0.25, -0.2) is 0 Å². The molecule has 0 fully saturated rings. The number of fused-ring (bicyclic) bond motifs is 2. The smallest absolute Gasteiger partial charge is 0.294 e. The first-order valence-electron chi connectivity index (χ1n) is 7.96. The number of pyridine rings is 2. The second kappa shape index (κ2) is 6.51. The molecule has 0 saturated heterocycles. The van der Waals surface area contributed by atoms with Gasteiger partial charge in [0.25, 0.3) is 15.7 Å². The van der Waals surface area contributed by atoms with Crippen molar-refractivity contribution in [1.82, 2.24) is 9.97 Å². The minimum Gasteiger partial charge on any atom is -0.505 e. The Kier molecular flexibility index (Phi) is 4.13. The van der Waals surface area contributed by atoms with Crippen LogP contribution in [0.1, 0.15) is 0 Å². The van der Waals surface area contributed by atoms with Gasteiger partial charge in [0.15, 0.2) is 11.4 Å². The molecule has 0 spiro atoms. The SMILES string of the molecule is O=c1[nH]c2ccc(S(=O)(=O)O)cc2c(O)c1N=Nc1cccc2cccnc12. The van der Waals surface area contributed by atoms with Crippen LogP contribution in [0.4, 0.5) is 11.4 Å². The third-order valence-electron chi connectivity index (χ3n) is 4.10. The number of rotatable bonds is 3. The Morgan fingerprint density at radius 3 is 2.61 bits per heavy atom. The molecule has 0 radical (unpaired) electrons. The molecule has 0 amide bonds. The average molecular weight is 396 g/mol. The summed E-state index contributed by atoms with van der Waals surface area (Å²) in [5, 5.41) is 19.1. The minimum absolute atomic E-state index is 0.000260. The Morgan fingerprint density at radius 2 is 1.82 bits per heavy atom. The average Bonchev–Trinajstić information content (AvgIpc) is 2.67. The van der Waals surface area contributed by atoms with Gasteiger partial charge in [-0.1, -0.05) is 18.2 Å². The maximum atomic E-state index is 12.3. The lowest BCUT2D eigenvalue weighted by molar-refractivity contribution is 0.480. The van der Waals surface area contributed by atoms with Crippen LogP contribution in [0.2, 0.25) is 0 Å². The van der Waals surface area contributed by atoms with Gasteiger partial charge >= 0.3 is 0 Å². The van der Waals surface area contributed by atoms with Gasteiger partial charge in [0.1, 0.15) is 5.69 Å². The van der Waals surface area contributed by atoms with E-state index in [0.29, 0.717) is 11.2 Å². The summed E-state index contributed by atoms with van der Waals surface area (Å²) in [7, 11) is -4.48. The van der Waals surface area contributed by atoms with Crippen LogP contribution in [0.25, 0.3) is 21.8 Å². The molecular formula is C18H12N4O5S. The van der Waals surface area contributed by atoms with Crippen LogP contribution in [0.5, 0.6) is 5.75 Å². The summed E-state index contributed by atoms with van der Waals surface area (Å²) in [5.41, 5.74) is 0.0398. The molecule has 0 atom stereocenters. The number of hydrogen-bond donors (Lipinski definition) is 3. The number of para-hydroxylation sites is 1. The maximum absolute atomic E-state index is 12.3. The van der Waals surface area contributed by atoms with E-state index in [1.54, 1.807) is 24.4 Å². The third kappa shape index (κ3) is 3.10. The highest BCUT2D eigenvalue weighted by Crippen LogP contribution is 2.33. The number of hydrogen-bond acceptors (Lipinski definition) is 7. The molecule has 4 aromatic rings. The zero-order chi connectivity index (χ0) is 19.9. The molecule has 0 saturated carbocycles. The Morgan fingerprint density at radius 1 is 1.04 bits per heavy atom. The number of benzene rings is 2. The number of aromatic hydroxyl groups is 1. The van der Waals surface area contributed by atoms with Crippen LogP contribution >= 0.6 is 0 Å². The van der Waals surface area contributed by atoms with E-state index < -0.39 is 32.0 Å². The van der Waals surface area contributed by atoms with E-state index in [4.69, 9.17) is 0 Å². The standard InChI is InChI=1S/C18H12N4O5S/c23-17-12-9-11(28(25,26)27)6-7-13(12)20-18(24)16(17)22-21-14-5-1-3-10-4-2-8-19-15(10)14/h1-9H,(H2,20,23,24)(H,25,26,27). The highest BCUT2D eigenvalue weighted by Gasteiger charge is 2.16. The summed E-state index contributed by atoms with van der Waals surface area (Å²) in [5.74, 6) is -0.554. The van der Waals surface area contributed by atoms with E-state index >= 15 is 0 Å². The topological polar surface area (TPSA) is 145 Å². The van der Waals surface area contributed by atoms with Gasteiger partial charge in [-0.05, 0) is 30.3 Å². The third-order valence-corrected chi connectivity index (χ3v) is 4.95. The lowest BCUT2D eigenvalue weighted by Crippen LogP contribution is -2.06. The molecule has 0 unspecified atom stereocenters. The molecule has 140 valence electrons. The second-order valence-corrected chi connectivity index (χ2v) is 7.31. The highest BCUT2D eigenvalue weighted by molar-refractivity contribution is 7.85. The Bertz CT molecular complexity index is 1420. The summed E-state index contributed by atoms with van der Waals surface area (Å²) in [6.07, 6.45) is 1.60. The molecule has 0 aliphatic carbocycles. The lowest BCUT2D eigenvalue weighted by Gasteiger charge is -2.05. The van der Waals surface area contributed by atoms with Gasteiger partial charge in [-0.3, -0.25) is 14.3 Å². The van der Waals surface area contributed by atoms with E-state index in [1.807, 2.05) is 12.1 Å². The van der Waals surface area contributed by atoms with E-state index in [1.165, 1.54) is 6.07 Å². The van der Waals surface area contributed by atoms with Crippen LogP contribution in [0.3, 0.4) is 0 Å². The zero-order valence-corrected chi connectivity index (χ0v) is 14.9. The minimum atomic E-state index is -4.48. The van der Waals surface area contributed by atoms with Crippen molar-refractivity contribution in [3.8, 4) is 5.75 Å². The summed E-state index contributed by atoms with van der Waals surface area (Å²) in [6, 6.07) is 12.3. The molecule has 28 heavy (non-hydrogen) atoms. The van der Waals surface area contributed by atoms with E-state index in [2.05, 4.69) is 20.2 Å². The molecule has 4 rings (SSSR count). The van der Waals surface area contributed by atoms with Crippen molar-refractivity contribution in [1.29, 1.82) is 0 Å². The number of aromatic amines is 1. The Balaban J connectivity index is 1.88. The Hall–Kier alpha value is -3.63. The monoisotopic (exact) mass is 396 g/mol. The quantitative estimate of drug-likeness (QED) is 0.357. The largest absolute Gasteiger partial charge is 0.505 e.